The van der Waals surface area contributed by atoms with Crippen LogP contribution in [0.1, 0.15) is 15.9 Å². The van der Waals surface area contributed by atoms with Gasteiger partial charge in [-0.15, -0.1) is 0 Å². The van der Waals surface area contributed by atoms with Crippen molar-refractivity contribution in [3.8, 4) is 11.5 Å². The van der Waals surface area contributed by atoms with E-state index in [2.05, 4.69) is 5.32 Å². The molecule has 0 aliphatic carbocycles. The average Bonchev–Trinajstić information content (AvgIpc) is 2.58. The predicted octanol–water partition coefficient (Wildman–Crippen LogP) is 5.04. The number of anilines is 1. The van der Waals surface area contributed by atoms with E-state index in [4.69, 9.17) is 4.74 Å². The molecule has 0 saturated heterocycles. The van der Waals surface area contributed by atoms with Crippen LogP contribution < -0.4 is 10.1 Å². The highest BCUT2D eigenvalue weighted by Gasteiger charge is 2.08. The first-order valence-corrected chi connectivity index (χ1v) is 7.42. The maximum absolute atomic E-state index is 12.3. The van der Waals surface area contributed by atoms with Gasteiger partial charge in [0.1, 0.15) is 11.5 Å². The highest BCUT2D eigenvalue weighted by atomic mass is 16.5. The van der Waals surface area contributed by atoms with E-state index in [-0.39, 0.29) is 5.91 Å². The van der Waals surface area contributed by atoms with Crippen molar-refractivity contribution in [2.24, 2.45) is 0 Å². The van der Waals surface area contributed by atoms with Crippen LogP contribution in [0.5, 0.6) is 11.5 Å². The quantitative estimate of drug-likeness (QED) is 0.733. The van der Waals surface area contributed by atoms with E-state index >= 15 is 0 Å². The van der Waals surface area contributed by atoms with Gasteiger partial charge >= 0.3 is 0 Å². The molecule has 0 aliphatic rings. The first-order chi connectivity index (χ1) is 11.2. The molecule has 0 saturated carbocycles. The van der Waals surface area contributed by atoms with Crippen LogP contribution in [0.2, 0.25) is 0 Å². The van der Waals surface area contributed by atoms with Gasteiger partial charge in [0.25, 0.3) is 5.91 Å². The molecular formula is C20H17NO2. The summed E-state index contributed by atoms with van der Waals surface area (Å²) in [6.07, 6.45) is 0. The van der Waals surface area contributed by atoms with Gasteiger partial charge in [-0.3, -0.25) is 4.79 Å². The van der Waals surface area contributed by atoms with E-state index in [9.17, 15) is 4.79 Å². The number of hydrogen-bond acceptors (Lipinski definition) is 2. The number of para-hydroxylation sites is 1. The van der Waals surface area contributed by atoms with Gasteiger partial charge in [0.15, 0.2) is 0 Å². The summed E-state index contributed by atoms with van der Waals surface area (Å²) >= 11 is 0. The smallest absolute Gasteiger partial charge is 0.255 e. The standard InChI is InChI=1S/C20H17NO2/c1-15-7-5-6-10-19(15)20(22)21-16-11-13-18(14-12-16)23-17-8-3-2-4-9-17/h2-14H,1H3,(H,21,22). The van der Waals surface area contributed by atoms with Crippen molar-refractivity contribution >= 4 is 11.6 Å². The number of nitrogens with one attached hydrogen (secondary N) is 1. The monoisotopic (exact) mass is 303 g/mol. The van der Waals surface area contributed by atoms with Crippen molar-refractivity contribution in [2.45, 2.75) is 6.92 Å². The molecule has 1 amide bonds. The fourth-order valence-corrected chi connectivity index (χ4v) is 2.26. The lowest BCUT2D eigenvalue weighted by Gasteiger charge is -2.09. The Kier molecular flexibility index (Phi) is 4.39. The van der Waals surface area contributed by atoms with Crippen molar-refractivity contribution in [2.75, 3.05) is 5.32 Å². The molecule has 23 heavy (non-hydrogen) atoms. The van der Waals surface area contributed by atoms with E-state index in [1.54, 1.807) is 0 Å². The lowest BCUT2D eigenvalue weighted by molar-refractivity contribution is 0.102. The molecule has 0 spiro atoms. The summed E-state index contributed by atoms with van der Waals surface area (Å²) in [6.45, 7) is 1.92. The normalized spacial score (nSPS) is 10.1. The summed E-state index contributed by atoms with van der Waals surface area (Å²) in [4.78, 5) is 12.3. The van der Waals surface area contributed by atoms with Crippen molar-refractivity contribution in [1.29, 1.82) is 0 Å². The molecule has 0 aromatic heterocycles. The fraction of sp³-hybridized carbons (Fsp3) is 0.0500. The van der Waals surface area contributed by atoms with Crippen LogP contribution in [0.15, 0.2) is 78.9 Å². The number of ether oxygens (including phenoxy) is 1. The number of benzene rings is 3. The maximum atomic E-state index is 12.3. The third-order valence-electron chi connectivity index (χ3n) is 3.48. The van der Waals surface area contributed by atoms with Gasteiger partial charge in [0, 0.05) is 11.3 Å². The van der Waals surface area contributed by atoms with Crippen molar-refractivity contribution < 1.29 is 9.53 Å². The molecule has 0 atom stereocenters. The van der Waals surface area contributed by atoms with E-state index < -0.39 is 0 Å². The number of carbonyl (C=O) groups excluding carboxylic acids is 1. The zero-order chi connectivity index (χ0) is 16.1. The van der Waals surface area contributed by atoms with Crippen LogP contribution in [0.3, 0.4) is 0 Å². The molecule has 3 heteroatoms. The molecular weight excluding hydrogens is 286 g/mol. The molecule has 0 radical (unpaired) electrons. The van der Waals surface area contributed by atoms with Crippen LogP contribution in [0.25, 0.3) is 0 Å². The molecule has 0 fully saturated rings. The summed E-state index contributed by atoms with van der Waals surface area (Å²) in [5, 5.41) is 2.90. The van der Waals surface area contributed by atoms with E-state index in [1.807, 2.05) is 85.8 Å². The predicted molar refractivity (Wildman–Crippen MR) is 92.1 cm³/mol. The molecule has 0 bridgehead atoms. The van der Waals surface area contributed by atoms with Gasteiger partial charge < -0.3 is 10.1 Å². The minimum Gasteiger partial charge on any atom is -0.457 e. The van der Waals surface area contributed by atoms with Crippen molar-refractivity contribution in [3.05, 3.63) is 90.0 Å². The van der Waals surface area contributed by atoms with Gasteiger partial charge in [0.05, 0.1) is 0 Å². The van der Waals surface area contributed by atoms with Crippen LogP contribution in [-0.2, 0) is 0 Å². The summed E-state index contributed by atoms with van der Waals surface area (Å²) < 4.78 is 5.73. The molecule has 0 aliphatic heterocycles. The molecule has 114 valence electrons. The Balaban J connectivity index is 1.68. The number of aryl methyl sites for hydroxylation is 1. The second kappa shape index (κ2) is 6.79. The summed E-state index contributed by atoms with van der Waals surface area (Å²) in [7, 11) is 0. The van der Waals surface area contributed by atoms with Crippen LogP contribution >= 0.6 is 0 Å². The topological polar surface area (TPSA) is 38.3 Å². The molecule has 3 aromatic carbocycles. The molecule has 3 nitrogen and oxygen atoms in total. The van der Waals surface area contributed by atoms with Crippen molar-refractivity contribution in [1.82, 2.24) is 0 Å². The number of amides is 1. The van der Waals surface area contributed by atoms with E-state index in [1.165, 1.54) is 0 Å². The zero-order valence-electron chi connectivity index (χ0n) is 12.8. The Morgan fingerprint density at radius 3 is 2.09 bits per heavy atom. The molecule has 3 aromatic rings. The van der Waals surface area contributed by atoms with Crippen LogP contribution in [0.4, 0.5) is 5.69 Å². The number of carbonyl (C=O) groups is 1. The molecule has 0 heterocycles. The number of rotatable bonds is 4. The Morgan fingerprint density at radius 1 is 0.783 bits per heavy atom. The second-order valence-electron chi connectivity index (χ2n) is 5.21. The van der Waals surface area contributed by atoms with E-state index in [0.717, 1.165) is 22.7 Å². The minimum absolute atomic E-state index is 0.111. The maximum Gasteiger partial charge on any atom is 0.255 e. The first kappa shape index (κ1) is 14.9. The SMILES string of the molecule is Cc1ccccc1C(=O)Nc1ccc(Oc2ccccc2)cc1. The van der Waals surface area contributed by atoms with Crippen LogP contribution in [-0.4, -0.2) is 5.91 Å². The second-order valence-corrected chi connectivity index (χ2v) is 5.21. The lowest BCUT2D eigenvalue weighted by Crippen LogP contribution is -2.13. The summed E-state index contributed by atoms with van der Waals surface area (Å²) in [6, 6.07) is 24.4. The summed E-state index contributed by atoms with van der Waals surface area (Å²) in [5.74, 6) is 1.40. The minimum atomic E-state index is -0.111. The van der Waals surface area contributed by atoms with Gasteiger partial charge in [-0.25, -0.2) is 0 Å². The Bertz CT molecular complexity index is 795. The largest absolute Gasteiger partial charge is 0.457 e. The highest BCUT2D eigenvalue weighted by molar-refractivity contribution is 6.05. The Labute approximate surface area is 135 Å². The zero-order valence-corrected chi connectivity index (χ0v) is 12.8. The third kappa shape index (κ3) is 3.77. The number of hydrogen-bond donors (Lipinski definition) is 1. The molecule has 0 unspecified atom stereocenters. The van der Waals surface area contributed by atoms with Gasteiger partial charge in [-0.05, 0) is 55.0 Å². The Morgan fingerprint density at radius 2 is 1.39 bits per heavy atom. The average molecular weight is 303 g/mol. The van der Waals surface area contributed by atoms with Crippen molar-refractivity contribution in [3.63, 3.8) is 0 Å². The third-order valence-corrected chi connectivity index (χ3v) is 3.48. The van der Waals surface area contributed by atoms with Gasteiger partial charge in [0.2, 0.25) is 0 Å². The Hall–Kier alpha value is -3.07. The van der Waals surface area contributed by atoms with E-state index in [0.29, 0.717) is 5.56 Å². The summed E-state index contributed by atoms with van der Waals surface area (Å²) in [5.41, 5.74) is 2.37. The first-order valence-electron chi connectivity index (χ1n) is 7.42. The molecule has 1 N–H and O–H groups in total. The van der Waals surface area contributed by atoms with Crippen LogP contribution in [0, 0.1) is 6.92 Å². The molecule has 3 rings (SSSR count). The highest BCUT2D eigenvalue weighted by Crippen LogP contribution is 2.23. The fourth-order valence-electron chi connectivity index (χ4n) is 2.26. The van der Waals surface area contributed by atoms with Gasteiger partial charge in [-0.2, -0.15) is 0 Å². The van der Waals surface area contributed by atoms with Gasteiger partial charge in [-0.1, -0.05) is 36.4 Å². The lowest BCUT2D eigenvalue weighted by atomic mass is 10.1.